The van der Waals surface area contributed by atoms with Gasteiger partial charge in [0.2, 0.25) is 0 Å². The van der Waals surface area contributed by atoms with Crippen LogP contribution in [-0.4, -0.2) is 17.0 Å². The highest BCUT2D eigenvalue weighted by Crippen LogP contribution is 2.26. The van der Waals surface area contributed by atoms with Crippen molar-refractivity contribution in [2.24, 2.45) is 0 Å². The molecule has 0 bridgehead atoms. The number of nitrogens with one attached hydrogen (secondary N) is 1. The van der Waals surface area contributed by atoms with Crippen molar-refractivity contribution < 1.29 is 9.53 Å². The lowest BCUT2D eigenvalue weighted by Gasteiger charge is -2.13. The van der Waals surface area contributed by atoms with Crippen LogP contribution in [-0.2, 0) is 0 Å². The second-order valence-corrected chi connectivity index (χ2v) is 5.97. The zero-order chi connectivity index (χ0) is 14.7. The molecule has 0 aliphatic heterocycles. The fraction of sp³-hybridized carbons (Fsp3) is 0.333. The number of aromatic nitrogens is 1. The quantitative estimate of drug-likeness (QED) is 0.931. The molecule has 1 N–H and O–H groups in total. The summed E-state index contributed by atoms with van der Waals surface area (Å²) >= 11 is 1.47. The number of carbonyl (C=O) groups excluding carboxylic acids is 1. The highest BCUT2D eigenvalue weighted by molar-refractivity contribution is 7.16. The normalized spacial score (nSPS) is 10.7. The van der Waals surface area contributed by atoms with Gasteiger partial charge in [-0.3, -0.25) is 4.79 Å². The Balaban J connectivity index is 2.23. The van der Waals surface area contributed by atoms with E-state index in [2.05, 4.69) is 10.3 Å². The lowest BCUT2D eigenvalue weighted by molar-refractivity contribution is 0.102. The van der Waals surface area contributed by atoms with Crippen molar-refractivity contribution in [1.29, 1.82) is 0 Å². The van der Waals surface area contributed by atoms with E-state index in [0.717, 1.165) is 15.7 Å². The van der Waals surface area contributed by atoms with Crippen LogP contribution in [0.25, 0.3) is 0 Å². The van der Waals surface area contributed by atoms with E-state index in [1.54, 1.807) is 12.1 Å². The first-order chi connectivity index (χ1) is 9.47. The number of thiazole rings is 1. The molecule has 20 heavy (non-hydrogen) atoms. The molecule has 0 radical (unpaired) electrons. The Hall–Kier alpha value is -1.88. The molecule has 0 atom stereocenters. The van der Waals surface area contributed by atoms with Crippen molar-refractivity contribution in [3.8, 4) is 5.75 Å². The number of nitrogens with zero attached hydrogens (tertiary/aromatic N) is 1. The zero-order valence-electron chi connectivity index (χ0n) is 12.1. The predicted octanol–water partition coefficient (Wildman–Crippen LogP) is 3.80. The second-order valence-electron chi connectivity index (χ2n) is 4.76. The van der Waals surface area contributed by atoms with Gasteiger partial charge < -0.3 is 10.1 Å². The van der Waals surface area contributed by atoms with Crippen LogP contribution in [0.2, 0.25) is 0 Å². The molecule has 0 aliphatic rings. The predicted molar refractivity (Wildman–Crippen MR) is 81.7 cm³/mol. The summed E-state index contributed by atoms with van der Waals surface area (Å²) in [7, 11) is 0. The third-order valence-corrected chi connectivity index (χ3v) is 3.61. The first-order valence-electron chi connectivity index (χ1n) is 6.48. The first-order valence-corrected chi connectivity index (χ1v) is 7.30. The lowest BCUT2D eigenvalue weighted by atomic mass is 10.2. The number of hydrogen-bond acceptors (Lipinski definition) is 4. The Morgan fingerprint density at radius 1 is 1.30 bits per heavy atom. The van der Waals surface area contributed by atoms with E-state index in [4.69, 9.17) is 4.74 Å². The van der Waals surface area contributed by atoms with Crippen molar-refractivity contribution >= 4 is 22.2 Å². The third kappa shape index (κ3) is 3.36. The van der Waals surface area contributed by atoms with Crippen molar-refractivity contribution in [1.82, 2.24) is 4.98 Å². The van der Waals surface area contributed by atoms with Crippen LogP contribution < -0.4 is 10.1 Å². The smallest absolute Gasteiger partial charge is 0.260 e. The number of ether oxygens (including phenoxy) is 1. The molecule has 0 aliphatic carbocycles. The van der Waals surface area contributed by atoms with E-state index in [9.17, 15) is 4.79 Å². The van der Waals surface area contributed by atoms with Crippen LogP contribution in [0.4, 0.5) is 5.00 Å². The zero-order valence-corrected chi connectivity index (χ0v) is 12.9. The topological polar surface area (TPSA) is 51.2 Å². The minimum absolute atomic E-state index is 0.0244. The Kier molecular flexibility index (Phi) is 4.39. The maximum Gasteiger partial charge on any atom is 0.260 e. The molecule has 0 fully saturated rings. The SMILES string of the molecule is Cc1nc(C)c(NC(=O)c2ccccc2OC(C)C)s1. The van der Waals surface area contributed by atoms with Crippen LogP contribution in [0.3, 0.4) is 0 Å². The highest BCUT2D eigenvalue weighted by atomic mass is 32.1. The average Bonchev–Trinajstić information content (AvgIpc) is 2.67. The molecule has 1 aromatic carbocycles. The molecular weight excluding hydrogens is 272 g/mol. The van der Waals surface area contributed by atoms with Gasteiger partial charge in [0, 0.05) is 0 Å². The molecule has 2 rings (SSSR count). The van der Waals surface area contributed by atoms with Gasteiger partial charge in [0.1, 0.15) is 10.8 Å². The summed E-state index contributed by atoms with van der Waals surface area (Å²) in [4.78, 5) is 16.7. The fourth-order valence-electron chi connectivity index (χ4n) is 1.83. The Morgan fingerprint density at radius 3 is 2.60 bits per heavy atom. The van der Waals surface area contributed by atoms with Crippen LogP contribution >= 0.6 is 11.3 Å². The molecule has 5 heteroatoms. The maximum absolute atomic E-state index is 12.4. The number of aryl methyl sites for hydroxylation is 2. The Labute approximate surface area is 122 Å². The summed E-state index contributed by atoms with van der Waals surface area (Å²) in [5.74, 6) is 0.423. The minimum atomic E-state index is -0.173. The third-order valence-electron chi connectivity index (χ3n) is 2.62. The molecule has 0 saturated heterocycles. The summed E-state index contributed by atoms with van der Waals surface area (Å²) in [6, 6.07) is 7.25. The van der Waals surface area contributed by atoms with Crippen LogP contribution in [0.1, 0.15) is 34.9 Å². The van der Waals surface area contributed by atoms with Gasteiger partial charge in [-0.2, -0.15) is 0 Å². The van der Waals surface area contributed by atoms with Crippen LogP contribution in [0.15, 0.2) is 24.3 Å². The summed E-state index contributed by atoms with van der Waals surface area (Å²) in [5, 5.41) is 4.62. The van der Waals surface area contributed by atoms with Gasteiger partial charge in [-0.05, 0) is 39.8 Å². The molecule has 0 unspecified atom stereocenters. The molecular formula is C15H18N2O2S. The molecule has 4 nitrogen and oxygen atoms in total. The van der Waals surface area contributed by atoms with Crippen molar-refractivity contribution in [2.45, 2.75) is 33.8 Å². The van der Waals surface area contributed by atoms with Crippen molar-refractivity contribution in [2.75, 3.05) is 5.32 Å². The number of rotatable bonds is 4. The van der Waals surface area contributed by atoms with E-state index in [1.807, 2.05) is 39.8 Å². The largest absolute Gasteiger partial charge is 0.490 e. The van der Waals surface area contributed by atoms with E-state index < -0.39 is 0 Å². The number of amides is 1. The van der Waals surface area contributed by atoms with Gasteiger partial charge >= 0.3 is 0 Å². The van der Waals surface area contributed by atoms with Gasteiger partial charge in [0.25, 0.3) is 5.91 Å². The minimum Gasteiger partial charge on any atom is -0.490 e. The molecule has 106 valence electrons. The van der Waals surface area contributed by atoms with Gasteiger partial charge in [0.15, 0.2) is 0 Å². The van der Waals surface area contributed by atoms with Crippen LogP contribution in [0, 0.1) is 13.8 Å². The Bertz CT molecular complexity index is 620. The van der Waals surface area contributed by atoms with Gasteiger partial charge in [-0.1, -0.05) is 12.1 Å². The van der Waals surface area contributed by atoms with E-state index >= 15 is 0 Å². The van der Waals surface area contributed by atoms with Gasteiger partial charge in [0.05, 0.1) is 22.4 Å². The summed E-state index contributed by atoms with van der Waals surface area (Å²) < 4.78 is 5.67. The molecule has 0 saturated carbocycles. The second kappa shape index (κ2) is 6.05. The molecule has 1 amide bonds. The van der Waals surface area contributed by atoms with E-state index in [1.165, 1.54) is 11.3 Å². The number of benzene rings is 1. The average molecular weight is 290 g/mol. The Morgan fingerprint density at radius 2 is 2.00 bits per heavy atom. The number of anilines is 1. The number of para-hydroxylation sites is 1. The maximum atomic E-state index is 12.4. The molecule has 1 heterocycles. The fourth-order valence-corrected chi connectivity index (χ4v) is 2.64. The number of hydrogen-bond donors (Lipinski definition) is 1. The summed E-state index contributed by atoms with van der Waals surface area (Å²) in [6.07, 6.45) is 0.0244. The van der Waals surface area contributed by atoms with Crippen molar-refractivity contribution in [3.63, 3.8) is 0 Å². The summed E-state index contributed by atoms with van der Waals surface area (Å²) in [6.45, 7) is 7.68. The first kappa shape index (κ1) is 14.5. The molecule has 1 aromatic heterocycles. The van der Waals surface area contributed by atoms with Crippen LogP contribution in [0.5, 0.6) is 5.75 Å². The summed E-state index contributed by atoms with van der Waals surface area (Å²) in [5.41, 5.74) is 1.37. The molecule has 2 aromatic rings. The number of carbonyl (C=O) groups is 1. The van der Waals surface area contributed by atoms with E-state index in [0.29, 0.717) is 11.3 Å². The van der Waals surface area contributed by atoms with Gasteiger partial charge in [-0.15, -0.1) is 11.3 Å². The van der Waals surface area contributed by atoms with Gasteiger partial charge in [-0.25, -0.2) is 4.98 Å². The van der Waals surface area contributed by atoms with E-state index in [-0.39, 0.29) is 12.0 Å². The monoisotopic (exact) mass is 290 g/mol. The standard InChI is InChI=1S/C15H18N2O2S/c1-9(2)19-13-8-6-5-7-12(13)14(18)17-15-10(3)16-11(4)20-15/h5-9H,1-4H3,(H,17,18). The molecule has 0 spiro atoms. The highest BCUT2D eigenvalue weighted by Gasteiger charge is 2.15. The van der Waals surface area contributed by atoms with Crippen molar-refractivity contribution in [3.05, 3.63) is 40.5 Å². The lowest BCUT2D eigenvalue weighted by Crippen LogP contribution is -2.15.